The standard InChI is InChI=1S/C52H103N3O5/c1-6-10-14-18-20-28-36-48(34-26-16-12-8-3)51(57)59-44-32-24-22-30-38-54(46-50(56)47-55-42-40-53(5)41-43-55)39-31-23-25-33-45-60-52(58)49(35-27-17-13-9-4)37-29-21-19-15-11-7-2/h48-50,56H,6-47H2,1-5H3. The molecule has 1 N–H and O–H groups in total. The number of aliphatic hydroxyl groups excluding tert-OH is 1. The third kappa shape index (κ3) is 33.4. The van der Waals surface area contributed by atoms with Crippen LogP contribution in [-0.2, 0) is 19.1 Å². The Labute approximate surface area is 373 Å². The molecule has 356 valence electrons. The van der Waals surface area contributed by atoms with Crippen LogP contribution in [0.4, 0.5) is 0 Å². The van der Waals surface area contributed by atoms with E-state index in [1.807, 2.05) is 0 Å². The minimum atomic E-state index is -0.343. The lowest BCUT2D eigenvalue weighted by molar-refractivity contribution is -0.150. The molecule has 8 nitrogen and oxygen atoms in total. The molecule has 0 aliphatic carbocycles. The second kappa shape index (κ2) is 41.8. The van der Waals surface area contributed by atoms with Crippen molar-refractivity contribution in [3.05, 3.63) is 0 Å². The van der Waals surface area contributed by atoms with Crippen molar-refractivity contribution in [1.82, 2.24) is 14.7 Å². The average molecular weight is 850 g/mol. The van der Waals surface area contributed by atoms with Gasteiger partial charge in [-0.3, -0.25) is 14.5 Å². The van der Waals surface area contributed by atoms with E-state index in [1.165, 1.54) is 103 Å². The lowest BCUT2D eigenvalue weighted by Crippen LogP contribution is -2.49. The molecule has 1 fully saturated rings. The van der Waals surface area contributed by atoms with Crippen LogP contribution in [0.3, 0.4) is 0 Å². The molecule has 60 heavy (non-hydrogen) atoms. The van der Waals surface area contributed by atoms with Crippen molar-refractivity contribution in [1.29, 1.82) is 0 Å². The van der Waals surface area contributed by atoms with E-state index >= 15 is 0 Å². The van der Waals surface area contributed by atoms with Crippen molar-refractivity contribution in [2.45, 2.75) is 239 Å². The number of rotatable bonds is 44. The molecule has 1 heterocycles. The fourth-order valence-electron chi connectivity index (χ4n) is 8.88. The molecule has 0 bridgehead atoms. The minimum Gasteiger partial charge on any atom is -0.465 e. The van der Waals surface area contributed by atoms with Crippen LogP contribution >= 0.6 is 0 Å². The normalized spacial score (nSPS) is 15.4. The van der Waals surface area contributed by atoms with Crippen LogP contribution in [-0.4, -0.2) is 110 Å². The Bertz CT molecular complexity index is 887. The van der Waals surface area contributed by atoms with E-state index in [1.54, 1.807) is 0 Å². The summed E-state index contributed by atoms with van der Waals surface area (Å²) in [7, 11) is 2.18. The molecular weight excluding hydrogens is 747 g/mol. The van der Waals surface area contributed by atoms with Gasteiger partial charge >= 0.3 is 11.9 Å². The highest BCUT2D eigenvalue weighted by atomic mass is 16.5. The van der Waals surface area contributed by atoms with Gasteiger partial charge in [0.2, 0.25) is 0 Å². The van der Waals surface area contributed by atoms with Crippen LogP contribution in [0.15, 0.2) is 0 Å². The van der Waals surface area contributed by atoms with Crippen molar-refractivity contribution >= 4 is 11.9 Å². The summed E-state index contributed by atoms with van der Waals surface area (Å²) in [6.07, 6.45) is 36.8. The molecule has 3 unspecified atom stereocenters. The Hall–Kier alpha value is -1.22. The van der Waals surface area contributed by atoms with Gasteiger partial charge in [-0.05, 0) is 71.5 Å². The molecule has 3 atom stereocenters. The molecule has 0 aromatic rings. The number of esters is 2. The number of carbonyl (C=O) groups is 2. The predicted octanol–water partition coefficient (Wildman–Crippen LogP) is 12.8. The first kappa shape index (κ1) is 56.8. The fraction of sp³-hybridized carbons (Fsp3) is 0.962. The number of ether oxygens (including phenoxy) is 2. The first-order valence-electron chi connectivity index (χ1n) is 26.5. The monoisotopic (exact) mass is 850 g/mol. The van der Waals surface area contributed by atoms with Gasteiger partial charge in [0.25, 0.3) is 0 Å². The molecule has 0 spiro atoms. The molecule has 1 aliphatic heterocycles. The van der Waals surface area contributed by atoms with Gasteiger partial charge in [0.1, 0.15) is 0 Å². The summed E-state index contributed by atoms with van der Waals surface area (Å²) in [6.45, 7) is 17.7. The quantitative estimate of drug-likeness (QED) is 0.0479. The Kier molecular flexibility index (Phi) is 39.5. The molecule has 1 aliphatic rings. The summed E-state index contributed by atoms with van der Waals surface area (Å²) in [5.74, 6) is 0.241. The van der Waals surface area contributed by atoms with Gasteiger partial charge in [-0.1, -0.05) is 182 Å². The van der Waals surface area contributed by atoms with E-state index in [0.717, 1.165) is 155 Å². The Balaban J connectivity index is 2.48. The zero-order valence-corrected chi connectivity index (χ0v) is 40.9. The number of nitrogens with zero attached hydrogens (tertiary/aromatic N) is 3. The Morgan fingerprint density at radius 3 is 1.22 bits per heavy atom. The summed E-state index contributed by atoms with van der Waals surface area (Å²) in [4.78, 5) is 33.5. The Morgan fingerprint density at radius 2 is 0.817 bits per heavy atom. The van der Waals surface area contributed by atoms with E-state index in [0.29, 0.717) is 13.2 Å². The van der Waals surface area contributed by atoms with E-state index < -0.39 is 0 Å². The van der Waals surface area contributed by atoms with Gasteiger partial charge in [-0.15, -0.1) is 0 Å². The molecule has 0 aromatic carbocycles. The van der Waals surface area contributed by atoms with Gasteiger partial charge in [0, 0.05) is 39.3 Å². The van der Waals surface area contributed by atoms with E-state index in [4.69, 9.17) is 9.47 Å². The minimum absolute atomic E-state index is 0.0456. The topological polar surface area (TPSA) is 82.5 Å². The molecule has 8 heteroatoms. The van der Waals surface area contributed by atoms with Gasteiger partial charge < -0.3 is 24.4 Å². The highest BCUT2D eigenvalue weighted by Gasteiger charge is 2.22. The van der Waals surface area contributed by atoms with Crippen molar-refractivity contribution in [2.75, 3.05) is 72.6 Å². The number of likely N-dealkylation sites (N-methyl/N-ethyl adjacent to an activating group) is 1. The van der Waals surface area contributed by atoms with Crippen LogP contribution < -0.4 is 0 Å². The molecular formula is C52H103N3O5. The number of unbranched alkanes of at least 4 members (excludes halogenated alkanes) is 22. The first-order valence-corrected chi connectivity index (χ1v) is 26.5. The van der Waals surface area contributed by atoms with E-state index in [9.17, 15) is 14.7 Å². The second-order valence-electron chi connectivity index (χ2n) is 18.9. The maximum Gasteiger partial charge on any atom is 0.308 e. The summed E-state index contributed by atoms with van der Waals surface area (Å²) in [6, 6.07) is 0. The highest BCUT2D eigenvalue weighted by Crippen LogP contribution is 2.22. The number of carbonyl (C=O) groups excluding carboxylic acids is 2. The van der Waals surface area contributed by atoms with Gasteiger partial charge in [0.05, 0.1) is 31.2 Å². The lowest BCUT2D eigenvalue weighted by atomic mass is 9.94. The summed E-state index contributed by atoms with van der Waals surface area (Å²) < 4.78 is 11.7. The maximum absolute atomic E-state index is 13.1. The SMILES string of the molecule is CCCCCCCCC(CCCCCC)C(=O)OCCCCCCN(CCCCCCOC(=O)C(CCCCCC)CCCCCCCC)CC(O)CN1CCN(C)CC1. The molecule has 1 rings (SSSR count). The second-order valence-corrected chi connectivity index (χ2v) is 18.9. The average Bonchev–Trinajstić information content (AvgIpc) is 3.24. The van der Waals surface area contributed by atoms with Gasteiger partial charge in [0.15, 0.2) is 0 Å². The number of piperazine rings is 1. The van der Waals surface area contributed by atoms with Crippen LogP contribution in [0.2, 0.25) is 0 Å². The van der Waals surface area contributed by atoms with Crippen LogP contribution in [0.25, 0.3) is 0 Å². The fourth-order valence-corrected chi connectivity index (χ4v) is 8.88. The van der Waals surface area contributed by atoms with Crippen molar-refractivity contribution in [3.8, 4) is 0 Å². The maximum atomic E-state index is 13.1. The zero-order chi connectivity index (χ0) is 43.7. The zero-order valence-electron chi connectivity index (χ0n) is 40.9. The van der Waals surface area contributed by atoms with Crippen molar-refractivity contribution in [3.63, 3.8) is 0 Å². The van der Waals surface area contributed by atoms with E-state index in [2.05, 4.69) is 49.4 Å². The molecule has 0 amide bonds. The highest BCUT2D eigenvalue weighted by molar-refractivity contribution is 5.72. The largest absolute Gasteiger partial charge is 0.465 e. The van der Waals surface area contributed by atoms with Crippen molar-refractivity contribution < 1.29 is 24.2 Å². The van der Waals surface area contributed by atoms with Crippen LogP contribution in [0.5, 0.6) is 0 Å². The lowest BCUT2D eigenvalue weighted by Gasteiger charge is -2.34. The van der Waals surface area contributed by atoms with Crippen LogP contribution in [0, 0.1) is 11.8 Å². The smallest absolute Gasteiger partial charge is 0.308 e. The Morgan fingerprint density at radius 1 is 0.483 bits per heavy atom. The molecule has 0 radical (unpaired) electrons. The van der Waals surface area contributed by atoms with Gasteiger partial charge in [-0.2, -0.15) is 0 Å². The first-order chi connectivity index (χ1) is 29.3. The third-order valence-corrected chi connectivity index (χ3v) is 13.1. The van der Waals surface area contributed by atoms with Crippen LogP contribution in [0.1, 0.15) is 233 Å². The summed E-state index contributed by atoms with van der Waals surface area (Å²) in [5.41, 5.74) is 0. The van der Waals surface area contributed by atoms with E-state index in [-0.39, 0.29) is 29.9 Å². The third-order valence-electron chi connectivity index (χ3n) is 13.1. The predicted molar refractivity (Wildman–Crippen MR) is 256 cm³/mol. The summed E-state index contributed by atoms with van der Waals surface area (Å²) >= 11 is 0. The summed E-state index contributed by atoms with van der Waals surface area (Å²) in [5, 5.41) is 11.1. The number of aliphatic hydroxyl groups is 1. The molecule has 0 aromatic heterocycles. The number of β-amino-alcohol motifs (C(OH)–C–C–N with tert-alkyl or cyclic N) is 1. The number of hydrogen-bond acceptors (Lipinski definition) is 8. The number of hydrogen-bond donors (Lipinski definition) is 1. The molecule has 1 saturated heterocycles. The van der Waals surface area contributed by atoms with Crippen molar-refractivity contribution in [2.24, 2.45) is 11.8 Å². The van der Waals surface area contributed by atoms with Gasteiger partial charge in [-0.25, -0.2) is 0 Å². The molecule has 0 saturated carbocycles.